The van der Waals surface area contributed by atoms with E-state index in [1.54, 1.807) is 11.8 Å². The molecule has 8 heteroatoms. The van der Waals surface area contributed by atoms with Gasteiger partial charge in [0, 0.05) is 37.5 Å². The van der Waals surface area contributed by atoms with Crippen molar-refractivity contribution in [2.24, 2.45) is 0 Å². The number of nitrogens with zero attached hydrogens (tertiary/aromatic N) is 5. The van der Waals surface area contributed by atoms with Gasteiger partial charge in [0.15, 0.2) is 17.4 Å². The zero-order chi connectivity index (χ0) is 20.1. The Hall–Kier alpha value is -3.16. The van der Waals surface area contributed by atoms with Crippen LogP contribution in [0.15, 0.2) is 28.7 Å². The molecule has 0 spiro atoms. The first-order valence-electron chi connectivity index (χ1n) is 10.0. The molecule has 2 aliphatic rings. The second kappa shape index (κ2) is 6.72. The predicted molar refractivity (Wildman–Crippen MR) is 105 cm³/mol. The molecule has 29 heavy (non-hydrogen) atoms. The smallest absolute Gasteiger partial charge is 0.290 e. The van der Waals surface area contributed by atoms with E-state index < -0.39 is 0 Å². The van der Waals surface area contributed by atoms with Crippen LogP contribution in [0.3, 0.4) is 0 Å². The second-order valence-electron chi connectivity index (χ2n) is 7.78. The number of para-hydroxylation sites is 1. The Balaban J connectivity index is 1.46. The first-order chi connectivity index (χ1) is 14.0. The van der Waals surface area contributed by atoms with E-state index in [0.29, 0.717) is 31.9 Å². The Morgan fingerprint density at radius 3 is 2.76 bits per heavy atom. The van der Waals surface area contributed by atoms with Crippen molar-refractivity contribution in [2.75, 3.05) is 13.1 Å². The van der Waals surface area contributed by atoms with Crippen LogP contribution in [0.4, 0.5) is 0 Å². The van der Waals surface area contributed by atoms with Crippen molar-refractivity contribution in [1.29, 1.82) is 0 Å². The molecule has 8 nitrogen and oxygen atoms in total. The van der Waals surface area contributed by atoms with Crippen LogP contribution in [0.5, 0.6) is 0 Å². The van der Waals surface area contributed by atoms with E-state index in [9.17, 15) is 9.59 Å². The number of carbonyl (C=O) groups excluding carboxylic acids is 2. The van der Waals surface area contributed by atoms with Gasteiger partial charge in [0.2, 0.25) is 5.91 Å². The summed E-state index contributed by atoms with van der Waals surface area (Å²) < 4.78 is 7.98. The monoisotopic (exact) mass is 393 g/mol. The average Bonchev–Trinajstić information content (AvgIpc) is 3.44. The number of likely N-dealkylation sites (tertiary alicyclic amines) is 1. The number of aromatic nitrogens is 3. The molecule has 1 atom stereocenters. The van der Waals surface area contributed by atoms with E-state index in [2.05, 4.69) is 14.8 Å². The molecule has 0 aliphatic carbocycles. The number of carbonyl (C=O) groups is 2. The van der Waals surface area contributed by atoms with E-state index in [1.165, 1.54) is 0 Å². The predicted octanol–water partition coefficient (Wildman–Crippen LogP) is 2.67. The van der Waals surface area contributed by atoms with E-state index in [4.69, 9.17) is 4.42 Å². The highest BCUT2D eigenvalue weighted by Gasteiger charge is 2.37. The standard InChI is InChI=1S/C21H23N5O3/c1-13-15-6-3-4-8-17(15)29-19(13)21(28)25-9-5-7-16(25)20-23-22-18-12-24(14(2)27)10-11-26(18)20/h3-4,6,8,16H,5,7,9-12H2,1-2H3/t16-/m1/s1. The number of aryl methyl sites for hydroxylation is 1. The molecule has 0 saturated carbocycles. The van der Waals surface area contributed by atoms with E-state index in [-0.39, 0.29) is 17.9 Å². The van der Waals surface area contributed by atoms with E-state index >= 15 is 0 Å². The number of hydrogen-bond donors (Lipinski definition) is 0. The maximum atomic E-state index is 13.4. The van der Waals surface area contributed by atoms with Gasteiger partial charge in [0.25, 0.3) is 5.91 Å². The highest BCUT2D eigenvalue weighted by molar-refractivity contribution is 5.99. The van der Waals surface area contributed by atoms with Gasteiger partial charge in [-0.2, -0.15) is 0 Å². The summed E-state index contributed by atoms with van der Waals surface area (Å²) in [6.07, 6.45) is 1.76. The molecule has 2 aliphatic heterocycles. The van der Waals surface area contributed by atoms with Gasteiger partial charge >= 0.3 is 0 Å². The van der Waals surface area contributed by atoms with Crippen molar-refractivity contribution in [2.45, 2.75) is 45.8 Å². The Morgan fingerprint density at radius 2 is 1.97 bits per heavy atom. The van der Waals surface area contributed by atoms with Gasteiger partial charge in [-0.3, -0.25) is 9.59 Å². The van der Waals surface area contributed by atoms with Crippen LogP contribution in [0, 0.1) is 6.92 Å². The highest BCUT2D eigenvalue weighted by atomic mass is 16.3. The summed E-state index contributed by atoms with van der Waals surface area (Å²) in [4.78, 5) is 28.7. The summed E-state index contributed by atoms with van der Waals surface area (Å²) in [6.45, 7) is 5.92. The van der Waals surface area contributed by atoms with Gasteiger partial charge in [-0.1, -0.05) is 18.2 Å². The zero-order valence-corrected chi connectivity index (χ0v) is 16.6. The van der Waals surface area contributed by atoms with Gasteiger partial charge in [-0.25, -0.2) is 0 Å². The first kappa shape index (κ1) is 17.9. The summed E-state index contributed by atoms with van der Waals surface area (Å²) in [5.41, 5.74) is 1.60. The largest absolute Gasteiger partial charge is 0.451 e. The van der Waals surface area contributed by atoms with Crippen molar-refractivity contribution in [3.63, 3.8) is 0 Å². The Labute approximate surface area is 168 Å². The molecule has 4 heterocycles. The average molecular weight is 393 g/mol. The molecule has 3 aromatic rings. The molecule has 1 saturated heterocycles. The normalized spacial score (nSPS) is 19.0. The van der Waals surface area contributed by atoms with E-state index in [0.717, 1.165) is 41.0 Å². The minimum atomic E-state index is -0.125. The van der Waals surface area contributed by atoms with Crippen molar-refractivity contribution < 1.29 is 14.0 Å². The molecule has 150 valence electrons. The summed E-state index contributed by atoms with van der Waals surface area (Å²) in [6, 6.07) is 7.59. The summed E-state index contributed by atoms with van der Waals surface area (Å²) in [7, 11) is 0. The van der Waals surface area contributed by atoms with Crippen molar-refractivity contribution >= 4 is 22.8 Å². The number of hydrogen-bond acceptors (Lipinski definition) is 5. The molecule has 0 bridgehead atoms. The zero-order valence-electron chi connectivity index (χ0n) is 16.6. The highest BCUT2D eigenvalue weighted by Crippen LogP contribution is 2.35. The topological polar surface area (TPSA) is 84.5 Å². The third kappa shape index (κ3) is 2.82. The van der Waals surface area contributed by atoms with Crippen LogP contribution >= 0.6 is 0 Å². The number of rotatable bonds is 2. The van der Waals surface area contributed by atoms with Crippen LogP contribution in [0.1, 0.15) is 53.6 Å². The van der Waals surface area contributed by atoms with Crippen LogP contribution in [-0.2, 0) is 17.9 Å². The lowest BCUT2D eigenvalue weighted by atomic mass is 10.1. The fourth-order valence-electron chi connectivity index (χ4n) is 4.48. The number of amides is 2. The van der Waals surface area contributed by atoms with Crippen LogP contribution < -0.4 is 0 Å². The lowest BCUT2D eigenvalue weighted by Crippen LogP contribution is -2.38. The maximum absolute atomic E-state index is 13.4. The molecule has 2 aromatic heterocycles. The molecule has 1 aromatic carbocycles. The van der Waals surface area contributed by atoms with Crippen LogP contribution in [0.25, 0.3) is 11.0 Å². The Bertz CT molecular complexity index is 1110. The lowest BCUT2D eigenvalue weighted by molar-refractivity contribution is -0.130. The fourth-order valence-corrected chi connectivity index (χ4v) is 4.48. The van der Waals surface area contributed by atoms with Gasteiger partial charge in [0.05, 0.1) is 12.6 Å². The molecule has 0 radical (unpaired) electrons. The van der Waals surface area contributed by atoms with Gasteiger partial charge in [-0.05, 0) is 25.8 Å². The van der Waals surface area contributed by atoms with E-state index in [1.807, 2.05) is 36.1 Å². The second-order valence-corrected chi connectivity index (χ2v) is 7.78. The van der Waals surface area contributed by atoms with Crippen LogP contribution in [-0.4, -0.2) is 49.5 Å². The summed E-state index contributed by atoms with van der Waals surface area (Å²) >= 11 is 0. The molecule has 0 N–H and O–H groups in total. The Kier molecular flexibility index (Phi) is 4.15. The molecular weight excluding hydrogens is 370 g/mol. The number of fused-ring (bicyclic) bond motifs is 2. The van der Waals surface area contributed by atoms with Crippen molar-refractivity contribution in [1.82, 2.24) is 24.6 Å². The minimum absolute atomic E-state index is 0.0406. The lowest BCUT2D eigenvalue weighted by Gasteiger charge is -2.29. The maximum Gasteiger partial charge on any atom is 0.290 e. The first-order valence-corrected chi connectivity index (χ1v) is 10.0. The third-order valence-electron chi connectivity index (χ3n) is 6.08. The van der Waals surface area contributed by atoms with Gasteiger partial charge < -0.3 is 18.8 Å². The minimum Gasteiger partial charge on any atom is -0.451 e. The molecule has 1 fully saturated rings. The SMILES string of the molecule is CC(=O)N1CCn2c(nnc2[C@H]2CCCN2C(=O)c2oc3ccccc3c2C)C1. The van der Waals surface area contributed by atoms with Crippen LogP contribution in [0.2, 0.25) is 0 Å². The van der Waals surface area contributed by atoms with Gasteiger partial charge in [0.1, 0.15) is 5.58 Å². The molecule has 2 amide bonds. The third-order valence-corrected chi connectivity index (χ3v) is 6.08. The number of benzene rings is 1. The molecule has 0 unspecified atom stereocenters. The number of furan rings is 1. The summed E-state index contributed by atoms with van der Waals surface area (Å²) in [5, 5.41) is 9.69. The summed E-state index contributed by atoms with van der Waals surface area (Å²) in [5.74, 6) is 1.93. The molecular formula is C21H23N5O3. The van der Waals surface area contributed by atoms with Crippen molar-refractivity contribution in [3.05, 3.63) is 47.2 Å². The quantitative estimate of drug-likeness (QED) is 0.668. The fraction of sp³-hybridized carbons (Fsp3) is 0.429. The van der Waals surface area contributed by atoms with Crippen molar-refractivity contribution in [3.8, 4) is 0 Å². The Morgan fingerprint density at radius 1 is 1.14 bits per heavy atom. The molecule has 5 rings (SSSR count). The van der Waals surface area contributed by atoms with Gasteiger partial charge in [-0.15, -0.1) is 10.2 Å².